The van der Waals surface area contributed by atoms with Gasteiger partial charge in [0.2, 0.25) is 0 Å². The Bertz CT molecular complexity index is 281. The zero-order valence-corrected chi connectivity index (χ0v) is 10.7. The standard InChI is InChI=1S/C10H19N3O2S/c1-3-15-6-4-9-12-13-10(16-9)8-11-5-7-14-2/h11H,3-8H2,1-2H3. The molecular formula is C10H19N3O2S. The van der Waals surface area contributed by atoms with Gasteiger partial charge in [0.15, 0.2) is 0 Å². The molecule has 1 aromatic rings. The van der Waals surface area contributed by atoms with Crippen LogP contribution in [-0.4, -0.2) is 43.7 Å². The second-order valence-electron chi connectivity index (χ2n) is 3.21. The van der Waals surface area contributed by atoms with Gasteiger partial charge in [-0.05, 0) is 6.92 Å². The van der Waals surface area contributed by atoms with Crippen LogP contribution in [0, 0.1) is 0 Å². The Kier molecular flexibility index (Phi) is 7.24. The van der Waals surface area contributed by atoms with Crippen molar-refractivity contribution in [1.29, 1.82) is 0 Å². The van der Waals surface area contributed by atoms with E-state index in [1.807, 2.05) is 6.92 Å². The van der Waals surface area contributed by atoms with E-state index < -0.39 is 0 Å². The number of hydrogen-bond acceptors (Lipinski definition) is 6. The fourth-order valence-electron chi connectivity index (χ4n) is 1.13. The lowest BCUT2D eigenvalue weighted by atomic mass is 10.5. The van der Waals surface area contributed by atoms with E-state index in [9.17, 15) is 0 Å². The van der Waals surface area contributed by atoms with Crippen LogP contribution in [0.3, 0.4) is 0 Å². The number of ether oxygens (including phenoxy) is 2. The van der Waals surface area contributed by atoms with E-state index in [4.69, 9.17) is 9.47 Å². The molecule has 0 saturated heterocycles. The lowest BCUT2D eigenvalue weighted by Crippen LogP contribution is -2.18. The summed E-state index contributed by atoms with van der Waals surface area (Å²) in [6.07, 6.45) is 0.851. The minimum Gasteiger partial charge on any atom is -0.383 e. The summed E-state index contributed by atoms with van der Waals surface area (Å²) in [6.45, 7) is 5.79. The number of rotatable bonds is 9. The summed E-state index contributed by atoms with van der Waals surface area (Å²) in [5.74, 6) is 0. The molecule has 0 aromatic carbocycles. The third kappa shape index (κ3) is 5.50. The molecule has 0 radical (unpaired) electrons. The molecule has 0 atom stereocenters. The molecule has 0 aliphatic carbocycles. The van der Waals surface area contributed by atoms with Gasteiger partial charge in [-0.25, -0.2) is 0 Å². The quantitative estimate of drug-likeness (QED) is 0.654. The summed E-state index contributed by atoms with van der Waals surface area (Å²) in [7, 11) is 1.69. The largest absolute Gasteiger partial charge is 0.383 e. The molecule has 0 unspecified atom stereocenters. The van der Waals surface area contributed by atoms with Crippen molar-refractivity contribution >= 4 is 11.3 Å². The van der Waals surface area contributed by atoms with Crippen LogP contribution in [0.5, 0.6) is 0 Å². The zero-order chi connectivity index (χ0) is 11.6. The highest BCUT2D eigenvalue weighted by molar-refractivity contribution is 7.11. The Morgan fingerprint density at radius 1 is 1.25 bits per heavy atom. The molecule has 0 fully saturated rings. The minimum atomic E-state index is 0.718. The SMILES string of the molecule is CCOCCc1nnc(CNCCOC)s1. The molecule has 92 valence electrons. The molecule has 16 heavy (non-hydrogen) atoms. The average molecular weight is 245 g/mol. The number of nitrogens with zero attached hydrogens (tertiary/aromatic N) is 2. The van der Waals surface area contributed by atoms with E-state index >= 15 is 0 Å². The molecule has 5 nitrogen and oxygen atoms in total. The Labute approximate surface area is 100 Å². The van der Waals surface area contributed by atoms with E-state index in [1.165, 1.54) is 0 Å². The normalized spacial score (nSPS) is 10.9. The molecule has 1 rings (SSSR count). The lowest BCUT2D eigenvalue weighted by Gasteiger charge is -1.99. The molecule has 0 bridgehead atoms. The van der Waals surface area contributed by atoms with Crippen LogP contribution >= 0.6 is 11.3 Å². The molecule has 0 saturated carbocycles. The Balaban J connectivity index is 2.17. The van der Waals surface area contributed by atoms with E-state index in [1.54, 1.807) is 18.4 Å². The molecule has 1 aromatic heterocycles. The summed E-state index contributed by atoms with van der Waals surface area (Å²) in [5, 5.41) is 13.5. The summed E-state index contributed by atoms with van der Waals surface area (Å²) in [6, 6.07) is 0. The van der Waals surface area contributed by atoms with Crippen LogP contribution in [0.15, 0.2) is 0 Å². The van der Waals surface area contributed by atoms with Gasteiger partial charge < -0.3 is 14.8 Å². The van der Waals surface area contributed by atoms with E-state index in [-0.39, 0.29) is 0 Å². The smallest absolute Gasteiger partial charge is 0.131 e. The number of aromatic nitrogens is 2. The predicted molar refractivity (Wildman–Crippen MR) is 63.7 cm³/mol. The average Bonchev–Trinajstić information content (AvgIpc) is 2.73. The third-order valence-electron chi connectivity index (χ3n) is 1.93. The van der Waals surface area contributed by atoms with Crippen LogP contribution < -0.4 is 5.32 Å². The second kappa shape index (κ2) is 8.58. The molecule has 0 amide bonds. The van der Waals surface area contributed by atoms with E-state index in [0.717, 1.165) is 49.3 Å². The predicted octanol–water partition coefficient (Wildman–Crippen LogP) is 0.853. The summed E-state index contributed by atoms with van der Waals surface area (Å²) < 4.78 is 10.2. The van der Waals surface area contributed by atoms with Gasteiger partial charge in [0.25, 0.3) is 0 Å². The van der Waals surface area contributed by atoms with Crippen molar-refractivity contribution in [3.8, 4) is 0 Å². The van der Waals surface area contributed by atoms with Crippen molar-refractivity contribution < 1.29 is 9.47 Å². The van der Waals surface area contributed by atoms with Crippen molar-refractivity contribution in [2.75, 3.05) is 33.5 Å². The van der Waals surface area contributed by atoms with Gasteiger partial charge in [-0.1, -0.05) is 0 Å². The van der Waals surface area contributed by atoms with Crippen LogP contribution in [0.1, 0.15) is 16.9 Å². The molecular weight excluding hydrogens is 226 g/mol. The van der Waals surface area contributed by atoms with Crippen molar-refractivity contribution in [2.24, 2.45) is 0 Å². The monoisotopic (exact) mass is 245 g/mol. The lowest BCUT2D eigenvalue weighted by molar-refractivity contribution is 0.150. The maximum Gasteiger partial charge on any atom is 0.131 e. The van der Waals surface area contributed by atoms with Gasteiger partial charge in [-0.3, -0.25) is 0 Å². The third-order valence-corrected chi connectivity index (χ3v) is 2.92. The fourth-order valence-corrected chi connectivity index (χ4v) is 1.93. The maximum atomic E-state index is 5.27. The summed E-state index contributed by atoms with van der Waals surface area (Å²) in [4.78, 5) is 0. The van der Waals surface area contributed by atoms with Gasteiger partial charge in [-0.15, -0.1) is 21.5 Å². The molecule has 0 spiro atoms. The first-order valence-corrected chi connectivity index (χ1v) is 6.27. The van der Waals surface area contributed by atoms with Crippen LogP contribution in [0.4, 0.5) is 0 Å². The van der Waals surface area contributed by atoms with Gasteiger partial charge in [0.05, 0.1) is 13.2 Å². The van der Waals surface area contributed by atoms with Crippen LogP contribution in [0.2, 0.25) is 0 Å². The van der Waals surface area contributed by atoms with Crippen molar-refractivity contribution in [3.05, 3.63) is 10.0 Å². The minimum absolute atomic E-state index is 0.718. The highest BCUT2D eigenvalue weighted by Gasteiger charge is 2.03. The molecule has 0 aliphatic rings. The van der Waals surface area contributed by atoms with Crippen molar-refractivity contribution in [1.82, 2.24) is 15.5 Å². The fraction of sp³-hybridized carbons (Fsp3) is 0.800. The van der Waals surface area contributed by atoms with E-state index in [2.05, 4.69) is 15.5 Å². The molecule has 6 heteroatoms. The summed E-state index contributed by atoms with van der Waals surface area (Å²) in [5.41, 5.74) is 0. The van der Waals surface area contributed by atoms with Crippen LogP contribution in [-0.2, 0) is 22.4 Å². The van der Waals surface area contributed by atoms with Gasteiger partial charge in [-0.2, -0.15) is 0 Å². The Morgan fingerprint density at radius 2 is 2.06 bits per heavy atom. The van der Waals surface area contributed by atoms with Gasteiger partial charge in [0.1, 0.15) is 10.0 Å². The number of nitrogens with one attached hydrogen (secondary N) is 1. The molecule has 1 heterocycles. The number of hydrogen-bond donors (Lipinski definition) is 1. The highest BCUT2D eigenvalue weighted by atomic mass is 32.1. The molecule has 1 N–H and O–H groups in total. The first-order valence-electron chi connectivity index (χ1n) is 5.45. The summed E-state index contributed by atoms with van der Waals surface area (Å²) >= 11 is 1.64. The highest BCUT2D eigenvalue weighted by Crippen LogP contribution is 2.09. The zero-order valence-electron chi connectivity index (χ0n) is 9.86. The van der Waals surface area contributed by atoms with Gasteiger partial charge >= 0.3 is 0 Å². The number of methoxy groups -OCH3 is 1. The maximum absolute atomic E-state index is 5.27. The first-order chi connectivity index (χ1) is 7.86. The van der Waals surface area contributed by atoms with Crippen molar-refractivity contribution in [2.45, 2.75) is 19.9 Å². The topological polar surface area (TPSA) is 56.3 Å². The van der Waals surface area contributed by atoms with Gasteiger partial charge in [0, 0.05) is 33.2 Å². The van der Waals surface area contributed by atoms with Crippen molar-refractivity contribution in [3.63, 3.8) is 0 Å². The molecule has 0 aliphatic heterocycles. The first kappa shape index (κ1) is 13.5. The van der Waals surface area contributed by atoms with E-state index in [0.29, 0.717) is 0 Å². The van der Waals surface area contributed by atoms with Crippen LogP contribution in [0.25, 0.3) is 0 Å². The Morgan fingerprint density at radius 3 is 2.81 bits per heavy atom. The second-order valence-corrected chi connectivity index (χ2v) is 4.35. The Hall–Kier alpha value is -0.560.